The molecule has 0 saturated carbocycles. The van der Waals surface area contributed by atoms with Gasteiger partial charge in [-0.1, -0.05) is 46.3 Å². The van der Waals surface area contributed by atoms with Gasteiger partial charge in [-0.25, -0.2) is 4.39 Å². The maximum absolute atomic E-state index is 14.3. The number of nitrogens with zero attached hydrogens (tertiary/aromatic N) is 1. The molecule has 20 heavy (non-hydrogen) atoms. The Balaban J connectivity index is 1.91. The molecule has 0 fully saturated rings. The molecule has 3 rings (SSSR count). The average molecular weight is 334 g/mol. The van der Waals surface area contributed by atoms with E-state index in [2.05, 4.69) is 45.1 Å². The standard InChI is InChI=1S/C17H17BrFN/c18-11-13-7-8-17(16(19)10-13)20-9-3-6-14-4-1-2-5-15(14)12-20/h1-2,4-5,7-8,10H,3,6,9,11-12H2. The summed E-state index contributed by atoms with van der Waals surface area (Å²) in [6, 6.07) is 14.0. The topological polar surface area (TPSA) is 3.24 Å². The summed E-state index contributed by atoms with van der Waals surface area (Å²) in [5.41, 5.74) is 4.40. The van der Waals surface area contributed by atoms with E-state index in [1.807, 2.05) is 12.1 Å². The highest BCUT2D eigenvalue weighted by atomic mass is 79.9. The lowest BCUT2D eigenvalue weighted by molar-refractivity contribution is 0.614. The summed E-state index contributed by atoms with van der Waals surface area (Å²) in [5.74, 6) is -0.124. The van der Waals surface area contributed by atoms with Gasteiger partial charge < -0.3 is 4.90 Å². The Hall–Kier alpha value is -1.35. The molecule has 1 aliphatic heterocycles. The summed E-state index contributed by atoms with van der Waals surface area (Å²) >= 11 is 3.37. The molecule has 1 nitrogen and oxygen atoms in total. The molecule has 3 heteroatoms. The number of fused-ring (bicyclic) bond motifs is 1. The predicted octanol–water partition coefficient (Wildman–Crippen LogP) is 4.67. The van der Waals surface area contributed by atoms with Crippen molar-refractivity contribution in [2.75, 3.05) is 11.4 Å². The van der Waals surface area contributed by atoms with Crippen molar-refractivity contribution in [1.82, 2.24) is 0 Å². The van der Waals surface area contributed by atoms with Gasteiger partial charge >= 0.3 is 0 Å². The molecule has 0 saturated heterocycles. The van der Waals surface area contributed by atoms with Crippen molar-refractivity contribution in [3.8, 4) is 0 Å². The van der Waals surface area contributed by atoms with Gasteiger partial charge in [-0.05, 0) is 41.7 Å². The van der Waals surface area contributed by atoms with Crippen LogP contribution in [0, 0.1) is 5.82 Å². The van der Waals surface area contributed by atoms with E-state index < -0.39 is 0 Å². The van der Waals surface area contributed by atoms with Crippen molar-refractivity contribution in [3.05, 3.63) is 65.0 Å². The molecule has 104 valence electrons. The van der Waals surface area contributed by atoms with Crippen molar-refractivity contribution < 1.29 is 4.39 Å². The van der Waals surface area contributed by atoms with Gasteiger partial charge in [0.2, 0.25) is 0 Å². The highest BCUT2D eigenvalue weighted by molar-refractivity contribution is 9.08. The van der Waals surface area contributed by atoms with Gasteiger partial charge in [-0.15, -0.1) is 0 Å². The van der Waals surface area contributed by atoms with Crippen molar-refractivity contribution >= 4 is 21.6 Å². The van der Waals surface area contributed by atoms with Crippen LogP contribution in [0.2, 0.25) is 0 Å². The Morgan fingerprint density at radius 3 is 2.65 bits per heavy atom. The number of benzene rings is 2. The fourth-order valence-corrected chi connectivity index (χ4v) is 3.15. The van der Waals surface area contributed by atoms with E-state index in [-0.39, 0.29) is 5.82 Å². The van der Waals surface area contributed by atoms with Gasteiger partial charge in [0.15, 0.2) is 0 Å². The minimum absolute atomic E-state index is 0.124. The highest BCUT2D eigenvalue weighted by Crippen LogP contribution is 2.27. The highest BCUT2D eigenvalue weighted by Gasteiger charge is 2.17. The van der Waals surface area contributed by atoms with E-state index in [1.54, 1.807) is 6.07 Å². The van der Waals surface area contributed by atoms with Gasteiger partial charge in [0.1, 0.15) is 5.82 Å². The number of rotatable bonds is 2. The molecule has 0 amide bonds. The number of anilines is 1. The smallest absolute Gasteiger partial charge is 0.146 e. The molecule has 0 spiro atoms. The summed E-state index contributed by atoms with van der Waals surface area (Å²) in [4.78, 5) is 2.15. The van der Waals surface area contributed by atoms with Crippen molar-refractivity contribution in [2.24, 2.45) is 0 Å². The van der Waals surface area contributed by atoms with Crippen LogP contribution in [-0.4, -0.2) is 6.54 Å². The third-order valence-corrected chi connectivity index (χ3v) is 4.51. The summed E-state index contributed by atoms with van der Waals surface area (Å²) in [6.45, 7) is 1.69. The van der Waals surface area contributed by atoms with E-state index in [9.17, 15) is 4.39 Å². The summed E-state index contributed by atoms with van der Waals surface area (Å²) in [6.07, 6.45) is 2.14. The molecule has 0 radical (unpaired) electrons. The van der Waals surface area contributed by atoms with Crippen LogP contribution < -0.4 is 4.90 Å². The molecular weight excluding hydrogens is 317 g/mol. The van der Waals surface area contributed by atoms with Crippen LogP contribution in [0.25, 0.3) is 0 Å². The number of aryl methyl sites for hydroxylation is 1. The Labute approximate surface area is 127 Å². The lowest BCUT2D eigenvalue weighted by Gasteiger charge is -2.24. The SMILES string of the molecule is Fc1cc(CBr)ccc1N1CCCc2ccccc2C1. The lowest BCUT2D eigenvalue weighted by atomic mass is 10.0. The second kappa shape index (κ2) is 5.96. The van der Waals surface area contributed by atoms with Crippen LogP contribution in [0.5, 0.6) is 0 Å². The zero-order valence-corrected chi connectivity index (χ0v) is 12.9. The van der Waals surface area contributed by atoms with Crippen LogP contribution in [0.3, 0.4) is 0 Å². The van der Waals surface area contributed by atoms with E-state index in [0.29, 0.717) is 11.0 Å². The van der Waals surface area contributed by atoms with Gasteiger partial charge in [0.25, 0.3) is 0 Å². The largest absolute Gasteiger partial charge is 0.365 e. The maximum Gasteiger partial charge on any atom is 0.146 e. The van der Waals surface area contributed by atoms with Crippen LogP contribution in [0.15, 0.2) is 42.5 Å². The van der Waals surface area contributed by atoms with Gasteiger partial charge in [0.05, 0.1) is 5.69 Å². The van der Waals surface area contributed by atoms with Crippen molar-refractivity contribution in [1.29, 1.82) is 0 Å². The van der Waals surface area contributed by atoms with E-state index >= 15 is 0 Å². The Bertz CT molecular complexity index is 612. The normalized spacial score (nSPS) is 14.8. The zero-order valence-electron chi connectivity index (χ0n) is 11.3. The molecule has 0 atom stereocenters. The van der Waals surface area contributed by atoms with Crippen LogP contribution in [0.1, 0.15) is 23.1 Å². The quantitative estimate of drug-likeness (QED) is 0.721. The van der Waals surface area contributed by atoms with Crippen LogP contribution in [-0.2, 0) is 18.3 Å². The molecule has 2 aromatic carbocycles. The maximum atomic E-state index is 14.3. The first-order chi connectivity index (χ1) is 9.78. The number of alkyl halides is 1. The molecule has 0 unspecified atom stereocenters. The molecule has 1 aliphatic rings. The Morgan fingerprint density at radius 1 is 1.10 bits per heavy atom. The number of hydrogen-bond donors (Lipinski definition) is 0. The van der Waals surface area contributed by atoms with Gasteiger partial charge in [-0.2, -0.15) is 0 Å². The molecule has 2 aromatic rings. The molecular formula is C17H17BrFN. The van der Waals surface area contributed by atoms with E-state index in [0.717, 1.165) is 31.5 Å². The molecule has 0 aliphatic carbocycles. The second-order valence-electron chi connectivity index (χ2n) is 5.21. The van der Waals surface area contributed by atoms with Gasteiger partial charge in [-0.3, -0.25) is 0 Å². The Kier molecular flexibility index (Phi) is 4.06. The van der Waals surface area contributed by atoms with E-state index in [1.165, 1.54) is 11.1 Å². The first kappa shape index (κ1) is 13.6. The summed E-state index contributed by atoms with van der Waals surface area (Å²) in [5, 5.41) is 0.688. The lowest BCUT2D eigenvalue weighted by Crippen LogP contribution is -2.23. The second-order valence-corrected chi connectivity index (χ2v) is 5.77. The molecule has 0 aromatic heterocycles. The van der Waals surface area contributed by atoms with Crippen LogP contribution in [0.4, 0.5) is 10.1 Å². The predicted molar refractivity (Wildman–Crippen MR) is 84.8 cm³/mol. The third-order valence-electron chi connectivity index (χ3n) is 3.86. The Morgan fingerprint density at radius 2 is 1.90 bits per heavy atom. The molecule has 0 N–H and O–H groups in total. The molecule has 0 bridgehead atoms. The van der Waals surface area contributed by atoms with Crippen LogP contribution >= 0.6 is 15.9 Å². The zero-order chi connectivity index (χ0) is 13.9. The van der Waals surface area contributed by atoms with Crippen molar-refractivity contribution in [3.63, 3.8) is 0 Å². The number of halogens is 2. The van der Waals surface area contributed by atoms with E-state index in [4.69, 9.17) is 0 Å². The summed E-state index contributed by atoms with van der Waals surface area (Å²) in [7, 11) is 0. The fourth-order valence-electron chi connectivity index (χ4n) is 2.80. The average Bonchev–Trinajstić information content (AvgIpc) is 2.69. The minimum atomic E-state index is -0.124. The first-order valence-electron chi connectivity index (χ1n) is 6.94. The number of hydrogen-bond acceptors (Lipinski definition) is 1. The third kappa shape index (κ3) is 2.73. The van der Waals surface area contributed by atoms with Crippen molar-refractivity contribution in [2.45, 2.75) is 24.7 Å². The summed E-state index contributed by atoms with van der Waals surface area (Å²) < 4.78 is 14.3. The monoisotopic (exact) mass is 333 g/mol. The van der Waals surface area contributed by atoms with Gasteiger partial charge in [0, 0.05) is 18.4 Å². The minimum Gasteiger partial charge on any atom is -0.365 e. The first-order valence-corrected chi connectivity index (χ1v) is 8.06. The fraction of sp³-hybridized carbons (Fsp3) is 0.294. The molecule has 1 heterocycles.